The third-order valence-corrected chi connectivity index (χ3v) is 9.40. The lowest BCUT2D eigenvalue weighted by Crippen LogP contribution is -2.29. The van der Waals surface area contributed by atoms with Gasteiger partial charge in [-0.2, -0.15) is 0 Å². The van der Waals surface area contributed by atoms with Gasteiger partial charge in [0.1, 0.15) is 12.7 Å². The van der Waals surface area contributed by atoms with E-state index in [1.165, 1.54) is 38.5 Å². The van der Waals surface area contributed by atoms with Crippen LogP contribution in [0.2, 0.25) is 0 Å². The SMILES string of the molecule is CC/C=C/C/C=C/C=C/C(O)CCCCCCCC(=O)OC[C@H](COP(=O)(O)OC[C@@H](O)CO)OC(=O)CCC/C=C\C/C=C\C/C=C\CCCCCCCC. The first-order valence-corrected chi connectivity index (χ1v) is 22.5. The molecule has 0 amide bonds. The Morgan fingerprint density at radius 2 is 1.20 bits per heavy atom. The molecule has 4 atom stereocenters. The van der Waals surface area contributed by atoms with E-state index in [0.29, 0.717) is 25.7 Å². The van der Waals surface area contributed by atoms with Crippen molar-refractivity contribution in [2.75, 3.05) is 26.4 Å². The molecule has 0 bridgehead atoms. The number of aliphatic hydroxyl groups is 3. The van der Waals surface area contributed by atoms with Gasteiger partial charge in [-0.15, -0.1) is 0 Å². The first-order valence-electron chi connectivity index (χ1n) is 21.0. The van der Waals surface area contributed by atoms with Crippen LogP contribution in [0.5, 0.6) is 0 Å². The number of hydrogen-bond donors (Lipinski definition) is 4. The van der Waals surface area contributed by atoms with Crippen molar-refractivity contribution in [2.24, 2.45) is 0 Å². The molecule has 0 aromatic rings. The fourth-order valence-electron chi connectivity index (χ4n) is 5.19. The third-order valence-electron chi connectivity index (χ3n) is 8.45. The second-order valence-electron chi connectivity index (χ2n) is 13.8. The first-order chi connectivity index (χ1) is 27.1. The molecule has 322 valence electrons. The second kappa shape index (κ2) is 39.2. The molecule has 0 aliphatic heterocycles. The van der Waals surface area contributed by atoms with Gasteiger partial charge in [0.05, 0.1) is 25.9 Å². The normalized spacial score (nSPS) is 15.2. The van der Waals surface area contributed by atoms with E-state index < -0.39 is 57.9 Å². The van der Waals surface area contributed by atoms with Crippen molar-refractivity contribution in [1.29, 1.82) is 0 Å². The van der Waals surface area contributed by atoms with Gasteiger partial charge in [-0.05, 0) is 64.2 Å². The van der Waals surface area contributed by atoms with Gasteiger partial charge in [0, 0.05) is 12.8 Å². The van der Waals surface area contributed by atoms with E-state index >= 15 is 0 Å². The van der Waals surface area contributed by atoms with Crippen molar-refractivity contribution >= 4 is 19.8 Å². The molecule has 0 spiro atoms. The molecule has 0 saturated heterocycles. The lowest BCUT2D eigenvalue weighted by atomic mass is 10.1. The van der Waals surface area contributed by atoms with Crippen LogP contribution >= 0.6 is 7.82 Å². The predicted molar refractivity (Wildman–Crippen MR) is 225 cm³/mol. The zero-order valence-corrected chi connectivity index (χ0v) is 35.3. The van der Waals surface area contributed by atoms with Crippen LogP contribution in [0.1, 0.15) is 149 Å². The zero-order valence-electron chi connectivity index (χ0n) is 34.4. The molecule has 2 unspecified atom stereocenters. The number of phosphoric acid groups is 1. The zero-order chi connectivity index (χ0) is 41.4. The van der Waals surface area contributed by atoms with E-state index in [1.807, 2.05) is 30.4 Å². The molecule has 0 fully saturated rings. The van der Waals surface area contributed by atoms with Crippen molar-refractivity contribution in [3.63, 3.8) is 0 Å². The van der Waals surface area contributed by atoms with Crippen LogP contribution in [0, 0.1) is 0 Å². The molecular weight excluding hydrogens is 735 g/mol. The Morgan fingerprint density at radius 1 is 0.625 bits per heavy atom. The van der Waals surface area contributed by atoms with Gasteiger partial charge in [0.25, 0.3) is 0 Å². The number of esters is 2. The molecule has 4 N–H and O–H groups in total. The van der Waals surface area contributed by atoms with Gasteiger partial charge < -0.3 is 29.7 Å². The van der Waals surface area contributed by atoms with E-state index in [1.54, 1.807) is 6.08 Å². The van der Waals surface area contributed by atoms with E-state index in [4.69, 9.17) is 19.1 Å². The summed E-state index contributed by atoms with van der Waals surface area (Å²) in [6, 6.07) is 0. The summed E-state index contributed by atoms with van der Waals surface area (Å²) in [5.74, 6) is -1.07. The van der Waals surface area contributed by atoms with Crippen LogP contribution in [0.3, 0.4) is 0 Å². The number of aliphatic hydroxyl groups excluding tert-OH is 3. The Labute approximate surface area is 338 Å². The lowest BCUT2D eigenvalue weighted by molar-refractivity contribution is -0.161. The average molecular weight is 811 g/mol. The van der Waals surface area contributed by atoms with Crippen LogP contribution in [0.25, 0.3) is 0 Å². The van der Waals surface area contributed by atoms with Gasteiger partial charge in [-0.1, -0.05) is 145 Å². The predicted octanol–water partition coefficient (Wildman–Crippen LogP) is 9.86. The van der Waals surface area contributed by atoms with Gasteiger partial charge in [0.15, 0.2) is 6.10 Å². The Hall–Kier alpha value is -2.63. The van der Waals surface area contributed by atoms with Crippen molar-refractivity contribution < 1.29 is 52.9 Å². The Kier molecular flexibility index (Phi) is 37.4. The summed E-state index contributed by atoms with van der Waals surface area (Å²) in [6.45, 7) is 2.05. The van der Waals surface area contributed by atoms with Crippen molar-refractivity contribution in [1.82, 2.24) is 0 Å². The maximum atomic E-state index is 12.6. The van der Waals surface area contributed by atoms with E-state index in [2.05, 4.69) is 54.8 Å². The second-order valence-corrected chi connectivity index (χ2v) is 15.3. The summed E-state index contributed by atoms with van der Waals surface area (Å²) in [4.78, 5) is 34.9. The molecule has 0 radical (unpaired) electrons. The number of carbonyl (C=O) groups is 2. The molecule has 0 saturated carbocycles. The molecule has 56 heavy (non-hydrogen) atoms. The lowest BCUT2D eigenvalue weighted by Gasteiger charge is -2.20. The van der Waals surface area contributed by atoms with Crippen molar-refractivity contribution in [3.05, 3.63) is 72.9 Å². The van der Waals surface area contributed by atoms with Gasteiger partial charge in [0.2, 0.25) is 0 Å². The van der Waals surface area contributed by atoms with Crippen molar-refractivity contribution in [3.8, 4) is 0 Å². The molecule has 0 heterocycles. The average Bonchev–Trinajstić information content (AvgIpc) is 3.18. The minimum atomic E-state index is -4.66. The van der Waals surface area contributed by atoms with Crippen LogP contribution < -0.4 is 0 Å². The number of allylic oxidation sites excluding steroid dienone is 11. The Bertz CT molecular complexity index is 1180. The highest BCUT2D eigenvalue weighted by atomic mass is 31.2. The molecule has 0 aliphatic rings. The Balaban J connectivity index is 4.50. The van der Waals surface area contributed by atoms with Crippen LogP contribution in [-0.2, 0) is 32.7 Å². The summed E-state index contributed by atoms with van der Waals surface area (Å²) in [5.41, 5.74) is 0. The summed E-state index contributed by atoms with van der Waals surface area (Å²) in [7, 11) is -4.66. The minimum absolute atomic E-state index is 0.0886. The minimum Gasteiger partial charge on any atom is -0.462 e. The largest absolute Gasteiger partial charge is 0.472 e. The summed E-state index contributed by atoms with van der Waals surface area (Å²) in [5, 5.41) is 28.4. The van der Waals surface area contributed by atoms with Crippen LogP contribution in [0.15, 0.2) is 72.9 Å². The van der Waals surface area contributed by atoms with Gasteiger partial charge in [-0.3, -0.25) is 18.6 Å². The van der Waals surface area contributed by atoms with E-state index in [-0.39, 0.29) is 19.4 Å². The highest BCUT2D eigenvalue weighted by Crippen LogP contribution is 2.43. The topological polar surface area (TPSA) is 169 Å². The number of hydrogen-bond acceptors (Lipinski definition) is 10. The maximum Gasteiger partial charge on any atom is 0.472 e. The van der Waals surface area contributed by atoms with Gasteiger partial charge >= 0.3 is 19.8 Å². The molecular formula is C44H75O11P. The number of carbonyl (C=O) groups excluding carboxylic acids is 2. The first kappa shape index (κ1) is 53.4. The van der Waals surface area contributed by atoms with Crippen molar-refractivity contribution in [2.45, 2.75) is 167 Å². The highest BCUT2D eigenvalue weighted by Gasteiger charge is 2.27. The van der Waals surface area contributed by atoms with Crippen LogP contribution in [0.4, 0.5) is 0 Å². The number of ether oxygens (including phenoxy) is 2. The van der Waals surface area contributed by atoms with Gasteiger partial charge in [-0.25, -0.2) is 4.57 Å². The molecule has 0 aliphatic carbocycles. The number of phosphoric ester groups is 1. The number of unbranched alkanes of at least 4 members (excludes halogenated alkanes) is 11. The quantitative estimate of drug-likeness (QED) is 0.0154. The molecule has 11 nitrogen and oxygen atoms in total. The maximum absolute atomic E-state index is 12.6. The molecule has 0 rings (SSSR count). The molecule has 0 aromatic carbocycles. The monoisotopic (exact) mass is 811 g/mol. The Morgan fingerprint density at radius 3 is 1.89 bits per heavy atom. The number of rotatable bonds is 38. The fraction of sp³-hybridized carbons (Fsp3) is 0.682. The summed E-state index contributed by atoms with van der Waals surface area (Å²) < 4.78 is 32.6. The third kappa shape index (κ3) is 38.3. The van der Waals surface area contributed by atoms with Crippen LogP contribution in [-0.4, -0.2) is 76.9 Å². The summed E-state index contributed by atoms with van der Waals surface area (Å²) in [6.07, 6.45) is 40.4. The fourth-order valence-corrected chi connectivity index (χ4v) is 5.98. The smallest absolute Gasteiger partial charge is 0.462 e. The highest BCUT2D eigenvalue weighted by molar-refractivity contribution is 7.47. The van der Waals surface area contributed by atoms with E-state index in [0.717, 1.165) is 57.8 Å². The van der Waals surface area contributed by atoms with E-state index in [9.17, 15) is 29.3 Å². The summed E-state index contributed by atoms with van der Waals surface area (Å²) >= 11 is 0. The molecule has 12 heteroatoms. The molecule has 0 aromatic heterocycles. The standard InChI is InChI=1S/C44H75O11P/c1-3-5-7-9-11-12-13-14-15-16-17-18-19-20-22-26-31-35-44(49)55-42(39-54-56(50,51)53-37-41(47)36-45)38-52-43(48)34-30-27-23-25-29-33-40(46)32-28-24-21-10-8-6-4-2/h6,8,14-15,17-18,20-22,24,28,32,40-42,45-47H,3-5,7,9-13,16,19,23,25-27,29-31,33-39H2,1-2H3,(H,50,51)/b8-6+,15-14-,18-17-,22-20-,24-21+,32-28+/t40?,41-,42+/m0/s1.